The van der Waals surface area contributed by atoms with Gasteiger partial charge in [-0.1, -0.05) is 0 Å². The lowest BCUT2D eigenvalue weighted by atomic mass is 10.2. The highest BCUT2D eigenvalue weighted by atomic mass is 32.2. The van der Waals surface area contributed by atoms with Crippen molar-refractivity contribution >= 4 is 17.7 Å². The van der Waals surface area contributed by atoms with Crippen molar-refractivity contribution in [3.05, 3.63) is 30.1 Å². The van der Waals surface area contributed by atoms with Gasteiger partial charge in [-0.2, -0.15) is 11.8 Å². The van der Waals surface area contributed by atoms with Crippen molar-refractivity contribution in [2.24, 2.45) is 0 Å². The Hall–Kier alpha value is -1.03. The van der Waals surface area contributed by atoms with Crippen LogP contribution < -0.4 is 0 Å². The quantitative estimate of drug-likeness (QED) is 0.690. The highest BCUT2D eigenvalue weighted by Gasteiger charge is 2.18. The van der Waals surface area contributed by atoms with Gasteiger partial charge in [0.2, 0.25) is 0 Å². The van der Waals surface area contributed by atoms with Crippen LogP contribution in [-0.4, -0.2) is 40.4 Å². The molecule has 1 aromatic heterocycles. The molecule has 73 valence electrons. The van der Waals surface area contributed by atoms with Gasteiger partial charge < -0.3 is 4.90 Å². The van der Waals surface area contributed by atoms with E-state index in [2.05, 4.69) is 11.2 Å². The molecule has 0 bridgehead atoms. The Morgan fingerprint density at radius 3 is 2.93 bits per heavy atom. The lowest BCUT2D eigenvalue weighted by Crippen LogP contribution is -2.37. The number of hydrogen-bond acceptors (Lipinski definition) is 3. The van der Waals surface area contributed by atoms with E-state index >= 15 is 0 Å². The number of pyridine rings is 1. The first-order valence-electron chi connectivity index (χ1n) is 4.57. The fourth-order valence-corrected chi connectivity index (χ4v) is 2.29. The Bertz CT molecular complexity index is 309. The summed E-state index contributed by atoms with van der Waals surface area (Å²) in [7, 11) is 0. The first kappa shape index (κ1) is 9.52. The van der Waals surface area contributed by atoms with E-state index in [1.165, 1.54) is 0 Å². The van der Waals surface area contributed by atoms with Crippen molar-refractivity contribution in [3.63, 3.8) is 0 Å². The van der Waals surface area contributed by atoms with Crippen LogP contribution >= 0.6 is 11.8 Å². The summed E-state index contributed by atoms with van der Waals surface area (Å²) in [5.41, 5.74) is 0.569. The molecule has 4 heteroatoms. The largest absolute Gasteiger partial charge is 0.337 e. The molecule has 1 aliphatic heterocycles. The summed E-state index contributed by atoms with van der Waals surface area (Å²) >= 11 is 1.89. The first-order chi connectivity index (χ1) is 6.88. The predicted molar refractivity (Wildman–Crippen MR) is 56.3 cm³/mol. The van der Waals surface area contributed by atoms with Crippen molar-refractivity contribution < 1.29 is 4.79 Å². The summed E-state index contributed by atoms with van der Waals surface area (Å²) in [5, 5.41) is 0. The van der Waals surface area contributed by atoms with Gasteiger partial charge in [-0.05, 0) is 12.1 Å². The number of carbonyl (C=O) groups excluding carboxylic acids is 1. The monoisotopic (exact) mass is 207 g/mol. The van der Waals surface area contributed by atoms with Gasteiger partial charge in [0.25, 0.3) is 5.91 Å². The molecular weight excluding hydrogens is 196 g/mol. The molecule has 0 aliphatic carbocycles. The van der Waals surface area contributed by atoms with E-state index in [0.29, 0.717) is 5.56 Å². The fourth-order valence-electron chi connectivity index (χ4n) is 1.38. The second-order valence-electron chi connectivity index (χ2n) is 3.07. The summed E-state index contributed by atoms with van der Waals surface area (Å²) in [4.78, 5) is 17.5. The Balaban J connectivity index is 2.07. The number of rotatable bonds is 1. The summed E-state index contributed by atoms with van der Waals surface area (Å²) < 4.78 is 0. The molecule has 1 amide bonds. The second kappa shape index (κ2) is 4.46. The minimum absolute atomic E-state index is 0.0541. The SMILES string of the molecule is O=C(c1[c]nccc1)N1CCSCC1. The van der Waals surface area contributed by atoms with Gasteiger partial charge in [0.05, 0.1) is 5.56 Å². The van der Waals surface area contributed by atoms with Gasteiger partial charge in [0.15, 0.2) is 0 Å². The van der Waals surface area contributed by atoms with Crippen LogP contribution in [0.25, 0.3) is 0 Å². The van der Waals surface area contributed by atoms with E-state index in [9.17, 15) is 4.79 Å². The normalized spacial score (nSPS) is 16.7. The zero-order valence-electron chi connectivity index (χ0n) is 7.77. The molecule has 0 saturated carbocycles. The maximum atomic E-state index is 11.8. The summed E-state index contributed by atoms with van der Waals surface area (Å²) in [6.07, 6.45) is 4.35. The van der Waals surface area contributed by atoms with Gasteiger partial charge >= 0.3 is 0 Å². The minimum atomic E-state index is 0.0541. The zero-order chi connectivity index (χ0) is 9.80. The molecule has 0 N–H and O–H groups in total. The lowest BCUT2D eigenvalue weighted by Gasteiger charge is -2.26. The molecule has 1 aromatic rings. The molecule has 2 rings (SSSR count). The lowest BCUT2D eigenvalue weighted by molar-refractivity contribution is 0.0771. The molecule has 14 heavy (non-hydrogen) atoms. The molecule has 0 unspecified atom stereocenters. The smallest absolute Gasteiger partial charge is 0.256 e. The third-order valence-electron chi connectivity index (χ3n) is 2.14. The standard InChI is InChI=1S/C10H11N2OS/c13-10(9-2-1-3-11-8-9)12-4-6-14-7-5-12/h1-3H,4-7H2. The van der Waals surface area contributed by atoms with E-state index in [4.69, 9.17) is 0 Å². The zero-order valence-corrected chi connectivity index (χ0v) is 8.59. The van der Waals surface area contributed by atoms with Crippen molar-refractivity contribution in [3.8, 4) is 0 Å². The minimum Gasteiger partial charge on any atom is -0.337 e. The van der Waals surface area contributed by atoms with Crippen LogP contribution in [0.3, 0.4) is 0 Å². The van der Waals surface area contributed by atoms with Crippen LogP contribution in [0.1, 0.15) is 10.4 Å². The summed E-state index contributed by atoms with van der Waals surface area (Å²) in [5.74, 6) is 2.12. The molecule has 0 aromatic carbocycles. The van der Waals surface area contributed by atoms with Crippen LogP contribution in [0.4, 0.5) is 0 Å². The van der Waals surface area contributed by atoms with E-state index in [0.717, 1.165) is 24.6 Å². The summed E-state index contributed by atoms with van der Waals surface area (Å²) in [6.45, 7) is 1.68. The predicted octanol–water partition coefficient (Wildman–Crippen LogP) is 1.07. The molecule has 1 aliphatic rings. The van der Waals surface area contributed by atoms with Gasteiger partial charge in [-0.15, -0.1) is 0 Å². The number of amides is 1. The van der Waals surface area contributed by atoms with Crippen LogP contribution in [0, 0.1) is 6.20 Å². The molecule has 1 saturated heterocycles. The van der Waals surface area contributed by atoms with Crippen LogP contribution in [0.15, 0.2) is 18.3 Å². The molecule has 2 heterocycles. The number of carbonyl (C=O) groups is 1. The molecule has 1 radical (unpaired) electrons. The van der Waals surface area contributed by atoms with Crippen LogP contribution in [-0.2, 0) is 0 Å². The van der Waals surface area contributed by atoms with Gasteiger partial charge in [0.1, 0.15) is 6.20 Å². The Labute approximate surface area is 87.5 Å². The van der Waals surface area contributed by atoms with Crippen LogP contribution in [0.2, 0.25) is 0 Å². The maximum Gasteiger partial charge on any atom is 0.256 e. The fraction of sp³-hybridized carbons (Fsp3) is 0.400. The number of nitrogens with zero attached hydrogens (tertiary/aromatic N) is 2. The average Bonchev–Trinajstić information content (AvgIpc) is 2.30. The third kappa shape index (κ3) is 2.07. The Morgan fingerprint density at radius 2 is 2.29 bits per heavy atom. The van der Waals surface area contributed by atoms with E-state index < -0.39 is 0 Å². The maximum absolute atomic E-state index is 11.8. The van der Waals surface area contributed by atoms with Gasteiger partial charge in [-0.25, -0.2) is 0 Å². The highest BCUT2D eigenvalue weighted by Crippen LogP contribution is 2.11. The van der Waals surface area contributed by atoms with E-state index in [-0.39, 0.29) is 5.91 Å². The van der Waals surface area contributed by atoms with Gasteiger partial charge in [-0.3, -0.25) is 9.78 Å². The van der Waals surface area contributed by atoms with E-state index in [1.54, 1.807) is 18.3 Å². The van der Waals surface area contributed by atoms with Crippen LogP contribution in [0.5, 0.6) is 0 Å². The average molecular weight is 207 g/mol. The second-order valence-corrected chi connectivity index (χ2v) is 4.29. The number of thioether (sulfide) groups is 1. The molecule has 3 nitrogen and oxygen atoms in total. The van der Waals surface area contributed by atoms with Crippen molar-refractivity contribution in [1.29, 1.82) is 0 Å². The summed E-state index contributed by atoms with van der Waals surface area (Å²) in [6, 6.07) is 3.53. The third-order valence-corrected chi connectivity index (χ3v) is 3.08. The van der Waals surface area contributed by atoms with Crippen molar-refractivity contribution in [1.82, 2.24) is 9.88 Å². The Kier molecular flexibility index (Phi) is 3.03. The highest BCUT2D eigenvalue weighted by molar-refractivity contribution is 7.99. The Morgan fingerprint density at radius 1 is 1.50 bits per heavy atom. The molecule has 1 fully saturated rings. The van der Waals surface area contributed by atoms with Crippen molar-refractivity contribution in [2.75, 3.05) is 24.6 Å². The van der Waals surface area contributed by atoms with Gasteiger partial charge in [0, 0.05) is 30.8 Å². The topological polar surface area (TPSA) is 33.2 Å². The van der Waals surface area contributed by atoms with E-state index in [1.807, 2.05) is 16.7 Å². The molecule has 0 atom stereocenters. The number of aromatic nitrogens is 1. The molecule has 0 spiro atoms. The first-order valence-corrected chi connectivity index (χ1v) is 5.73. The molecular formula is C10H11N2OS. The number of hydrogen-bond donors (Lipinski definition) is 0. The van der Waals surface area contributed by atoms with Crippen molar-refractivity contribution in [2.45, 2.75) is 0 Å².